The van der Waals surface area contributed by atoms with E-state index < -0.39 is 29.0 Å². The second-order valence-corrected chi connectivity index (χ2v) is 4.00. The molecule has 0 aromatic heterocycles. The second kappa shape index (κ2) is 5.48. The van der Waals surface area contributed by atoms with Crippen molar-refractivity contribution in [3.05, 3.63) is 65.2 Å². The molecular weight excluding hydrogens is 266 g/mol. The number of rotatable bonds is 3. The Labute approximate surface area is 113 Å². The fourth-order valence-corrected chi connectivity index (χ4v) is 1.66. The largest absolute Gasteiger partial charge is 0.366 e. The van der Waals surface area contributed by atoms with Gasteiger partial charge in [-0.3, -0.25) is 9.59 Å². The Balaban J connectivity index is 2.28. The van der Waals surface area contributed by atoms with Crippen LogP contribution in [0.5, 0.6) is 0 Å². The lowest BCUT2D eigenvalue weighted by atomic mass is 10.1. The minimum absolute atomic E-state index is 0.178. The summed E-state index contributed by atoms with van der Waals surface area (Å²) in [6, 6.07) is 8.88. The molecule has 20 heavy (non-hydrogen) atoms. The van der Waals surface area contributed by atoms with Gasteiger partial charge < -0.3 is 11.1 Å². The molecule has 6 heteroatoms. The Hall–Kier alpha value is -2.76. The van der Waals surface area contributed by atoms with E-state index >= 15 is 0 Å². The molecule has 0 aliphatic rings. The van der Waals surface area contributed by atoms with Crippen LogP contribution in [-0.4, -0.2) is 11.8 Å². The maximum absolute atomic E-state index is 13.4. The summed E-state index contributed by atoms with van der Waals surface area (Å²) in [4.78, 5) is 22.8. The summed E-state index contributed by atoms with van der Waals surface area (Å²) in [5, 5.41) is 2.31. The van der Waals surface area contributed by atoms with Gasteiger partial charge >= 0.3 is 0 Å². The van der Waals surface area contributed by atoms with Crippen LogP contribution in [0.1, 0.15) is 20.7 Å². The van der Waals surface area contributed by atoms with E-state index in [0.29, 0.717) is 0 Å². The standard InChI is InChI=1S/C14H10F2N2O2/c15-10-5-2-6-11(16)12(10)14(20)18-9-4-1-3-8(7-9)13(17)19/h1-7H,(H2,17,19)(H,18,20). The molecule has 102 valence electrons. The van der Waals surface area contributed by atoms with Gasteiger partial charge in [0.05, 0.1) is 0 Å². The third-order valence-electron chi connectivity index (χ3n) is 2.59. The van der Waals surface area contributed by atoms with Crippen LogP contribution in [0.4, 0.5) is 14.5 Å². The van der Waals surface area contributed by atoms with Gasteiger partial charge in [-0.05, 0) is 30.3 Å². The second-order valence-electron chi connectivity index (χ2n) is 4.00. The summed E-state index contributed by atoms with van der Waals surface area (Å²) in [6.45, 7) is 0. The van der Waals surface area contributed by atoms with E-state index in [4.69, 9.17) is 5.73 Å². The van der Waals surface area contributed by atoms with Crippen LogP contribution in [0.25, 0.3) is 0 Å². The Morgan fingerprint density at radius 1 is 1.00 bits per heavy atom. The fraction of sp³-hybridized carbons (Fsp3) is 0. The van der Waals surface area contributed by atoms with Gasteiger partial charge in [-0.15, -0.1) is 0 Å². The Morgan fingerprint density at radius 2 is 1.60 bits per heavy atom. The van der Waals surface area contributed by atoms with E-state index in [1.165, 1.54) is 24.3 Å². The van der Waals surface area contributed by atoms with Crippen molar-refractivity contribution in [2.75, 3.05) is 5.32 Å². The first-order valence-electron chi connectivity index (χ1n) is 5.64. The molecular formula is C14H10F2N2O2. The Morgan fingerprint density at radius 3 is 2.20 bits per heavy atom. The molecule has 3 N–H and O–H groups in total. The van der Waals surface area contributed by atoms with Crippen molar-refractivity contribution in [3.63, 3.8) is 0 Å². The van der Waals surface area contributed by atoms with Crippen LogP contribution in [0.15, 0.2) is 42.5 Å². The van der Waals surface area contributed by atoms with Crippen LogP contribution < -0.4 is 11.1 Å². The zero-order chi connectivity index (χ0) is 14.7. The normalized spacial score (nSPS) is 10.1. The number of amides is 2. The molecule has 2 rings (SSSR count). The van der Waals surface area contributed by atoms with Gasteiger partial charge in [0.2, 0.25) is 5.91 Å². The molecule has 0 radical (unpaired) electrons. The van der Waals surface area contributed by atoms with Gasteiger partial charge in [0, 0.05) is 11.3 Å². The van der Waals surface area contributed by atoms with Crippen molar-refractivity contribution < 1.29 is 18.4 Å². The molecule has 0 unspecified atom stereocenters. The number of halogens is 2. The third kappa shape index (κ3) is 2.80. The SMILES string of the molecule is NC(=O)c1cccc(NC(=O)c2c(F)cccc2F)c1. The number of primary amides is 1. The topological polar surface area (TPSA) is 72.2 Å². The van der Waals surface area contributed by atoms with Crippen LogP contribution in [-0.2, 0) is 0 Å². The van der Waals surface area contributed by atoms with Gasteiger partial charge in [-0.2, -0.15) is 0 Å². The Kier molecular flexibility index (Phi) is 3.74. The number of anilines is 1. The lowest BCUT2D eigenvalue weighted by Crippen LogP contribution is -2.17. The smallest absolute Gasteiger partial charge is 0.261 e. The molecule has 0 fully saturated rings. The third-order valence-corrected chi connectivity index (χ3v) is 2.59. The highest BCUT2D eigenvalue weighted by atomic mass is 19.1. The summed E-state index contributed by atoms with van der Waals surface area (Å²) < 4.78 is 26.9. The average molecular weight is 276 g/mol. The van der Waals surface area contributed by atoms with E-state index in [1.54, 1.807) is 0 Å². The number of hydrogen-bond acceptors (Lipinski definition) is 2. The van der Waals surface area contributed by atoms with Crippen LogP contribution in [0, 0.1) is 11.6 Å². The van der Waals surface area contributed by atoms with E-state index in [9.17, 15) is 18.4 Å². The van der Waals surface area contributed by atoms with E-state index in [1.807, 2.05) is 0 Å². The molecule has 2 aromatic rings. The van der Waals surface area contributed by atoms with Crippen LogP contribution in [0.2, 0.25) is 0 Å². The van der Waals surface area contributed by atoms with Crippen molar-refractivity contribution in [1.82, 2.24) is 0 Å². The number of nitrogens with one attached hydrogen (secondary N) is 1. The van der Waals surface area contributed by atoms with Gasteiger partial charge in [0.25, 0.3) is 5.91 Å². The number of carbonyl (C=O) groups is 2. The summed E-state index contributed by atoms with van der Waals surface area (Å²) in [5.74, 6) is -3.54. The Bertz CT molecular complexity index is 666. The summed E-state index contributed by atoms with van der Waals surface area (Å²) >= 11 is 0. The van der Waals surface area contributed by atoms with Crippen molar-refractivity contribution in [2.45, 2.75) is 0 Å². The van der Waals surface area contributed by atoms with E-state index in [0.717, 1.165) is 18.2 Å². The maximum Gasteiger partial charge on any atom is 0.261 e. The molecule has 0 bridgehead atoms. The maximum atomic E-state index is 13.4. The molecule has 0 heterocycles. The van der Waals surface area contributed by atoms with E-state index in [2.05, 4.69) is 5.32 Å². The molecule has 4 nitrogen and oxygen atoms in total. The molecule has 2 amide bonds. The monoisotopic (exact) mass is 276 g/mol. The minimum atomic E-state index is -0.964. The molecule has 0 spiro atoms. The quantitative estimate of drug-likeness (QED) is 0.903. The van der Waals surface area contributed by atoms with Gasteiger partial charge in [0.1, 0.15) is 17.2 Å². The first kappa shape index (κ1) is 13.7. The molecule has 2 aromatic carbocycles. The van der Waals surface area contributed by atoms with Gasteiger partial charge in [0.15, 0.2) is 0 Å². The predicted molar refractivity (Wildman–Crippen MR) is 69.3 cm³/mol. The van der Waals surface area contributed by atoms with Crippen molar-refractivity contribution in [1.29, 1.82) is 0 Å². The summed E-state index contributed by atoms with van der Waals surface area (Å²) in [7, 11) is 0. The first-order valence-corrected chi connectivity index (χ1v) is 5.64. The highest BCUT2D eigenvalue weighted by Gasteiger charge is 2.17. The summed E-state index contributed by atoms with van der Waals surface area (Å²) in [6.07, 6.45) is 0. The van der Waals surface area contributed by atoms with Crippen LogP contribution >= 0.6 is 0 Å². The molecule has 0 aliphatic carbocycles. The lowest BCUT2D eigenvalue weighted by Gasteiger charge is -2.07. The minimum Gasteiger partial charge on any atom is -0.366 e. The predicted octanol–water partition coefficient (Wildman–Crippen LogP) is 2.32. The average Bonchev–Trinajstić information content (AvgIpc) is 2.38. The molecule has 0 atom stereocenters. The van der Waals surface area contributed by atoms with Crippen LogP contribution in [0.3, 0.4) is 0 Å². The lowest BCUT2D eigenvalue weighted by molar-refractivity contribution is 0.0994. The van der Waals surface area contributed by atoms with E-state index in [-0.39, 0.29) is 11.3 Å². The zero-order valence-corrected chi connectivity index (χ0v) is 10.2. The fourth-order valence-electron chi connectivity index (χ4n) is 1.66. The summed E-state index contributed by atoms with van der Waals surface area (Å²) in [5.41, 5.74) is 4.81. The molecule has 0 saturated carbocycles. The first-order chi connectivity index (χ1) is 9.49. The van der Waals surface area contributed by atoms with Crippen molar-refractivity contribution >= 4 is 17.5 Å². The highest BCUT2D eigenvalue weighted by molar-refractivity contribution is 6.05. The van der Waals surface area contributed by atoms with Gasteiger partial charge in [-0.1, -0.05) is 12.1 Å². The van der Waals surface area contributed by atoms with Gasteiger partial charge in [-0.25, -0.2) is 8.78 Å². The number of carbonyl (C=O) groups excluding carboxylic acids is 2. The highest BCUT2D eigenvalue weighted by Crippen LogP contribution is 2.16. The number of hydrogen-bond donors (Lipinski definition) is 2. The molecule has 0 aliphatic heterocycles. The van der Waals surface area contributed by atoms with Crippen molar-refractivity contribution in [2.24, 2.45) is 5.73 Å². The van der Waals surface area contributed by atoms with Crippen molar-refractivity contribution in [3.8, 4) is 0 Å². The number of nitrogens with two attached hydrogens (primary N) is 1. The molecule has 0 saturated heterocycles. The zero-order valence-electron chi connectivity index (χ0n) is 10.2. The number of benzene rings is 2.